The summed E-state index contributed by atoms with van der Waals surface area (Å²) in [6, 6.07) is 0. The molecule has 2 aromatic rings. The molecule has 0 fully saturated rings. The van der Waals surface area contributed by atoms with Crippen molar-refractivity contribution in [3.63, 3.8) is 0 Å². The Morgan fingerprint density at radius 2 is 2.50 bits per heavy atom. The molecule has 0 aromatic carbocycles. The molecule has 0 aliphatic rings. The highest BCUT2D eigenvalue weighted by Crippen LogP contribution is 2.03. The molecule has 12 heavy (non-hydrogen) atoms. The van der Waals surface area contributed by atoms with Crippen LogP contribution in [0.4, 0.5) is 0 Å². The number of carbonyl (C=O) groups excluding carboxylic acids is 1. The molecule has 0 unspecified atom stereocenters. The number of carbonyl (C=O) groups is 1. The van der Waals surface area contributed by atoms with Gasteiger partial charge in [-0.3, -0.25) is 9.36 Å². The number of rotatable bonds is 1. The minimum absolute atomic E-state index is 0.145. The molecule has 60 valence electrons. The third-order valence-electron chi connectivity index (χ3n) is 1.39. The number of imidazole rings is 1. The molecule has 2 rings (SSSR count). The number of thiazole rings is 1. The zero-order valence-electron chi connectivity index (χ0n) is 6.04. The van der Waals surface area contributed by atoms with Gasteiger partial charge in [0.25, 0.3) is 5.91 Å². The van der Waals surface area contributed by atoms with Gasteiger partial charge in [0, 0.05) is 17.8 Å². The van der Waals surface area contributed by atoms with Crippen LogP contribution in [0.5, 0.6) is 0 Å². The minimum Gasteiger partial charge on any atom is -0.271 e. The number of hydrogen-bond acceptors (Lipinski definition) is 4. The predicted molar refractivity (Wildman–Crippen MR) is 44.1 cm³/mol. The first kappa shape index (κ1) is 7.17. The van der Waals surface area contributed by atoms with Crippen LogP contribution < -0.4 is 0 Å². The average Bonchev–Trinajstić information content (AvgIpc) is 2.77. The molecule has 0 aliphatic heterocycles. The molecule has 2 aromatic heterocycles. The maximum Gasteiger partial charge on any atom is 0.282 e. The van der Waals surface area contributed by atoms with Gasteiger partial charge in [-0.2, -0.15) is 0 Å². The van der Waals surface area contributed by atoms with Crippen molar-refractivity contribution in [2.24, 2.45) is 0 Å². The third kappa shape index (κ3) is 1.14. The van der Waals surface area contributed by atoms with E-state index in [0.29, 0.717) is 5.69 Å². The third-order valence-corrected chi connectivity index (χ3v) is 1.98. The zero-order valence-corrected chi connectivity index (χ0v) is 6.86. The van der Waals surface area contributed by atoms with Crippen LogP contribution in [0.15, 0.2) is 29.6 Å². The average molecular weight is 179 g/mol. The molecule has 0 saturated heterocycles. The fraction of sp³-hybridized carbons (Fsp3) is 0. The van der Waals surface area contributed by atoms with Crippen LogP contribution >= 0.6 is 11.3 Å². The Balaban J connectivity index is 2.34. The Labute approximate surface area is 72.5 Å². The molecule has 0 aliphatic carbocycles. The topological polar surface area (TPSA) is 47.8 Å². The van der Waals surface area contributed by atoms with Crippen molar-refractivity contribution in [3.8, 4) is 0 Å². The highest BCUT2D eigenvalue weighted by Gasteiger charge is 2.08. The second-order valence-corrected chi connectivity index (χ2v) is 2.87. The van der Waals surface area contributed by atoms with Crippen molar-refractivity contribution in [1.29, 1.82) is 0 Å². The molecule has 4 nitrogen and oxygen atoms in total. The zero-order chi connectivity index (χ0) is 8.39. The molecule has 0 bridgehead atoms. The first-order valence-corrected chi connectivity index (χ1v) is 4.23. The first-order chi connectivity index (χ1) is 5.88. The summed E-state index contributed by atoms with van der Waals surface area (Å²) in [6.07, 6.45) is 4.62. The first-order valence-electron chi connectivity index (χ1n) is 3.29. The van der Waals surface area contributed by atoms with E-state index >= 15 is 0 Å². The SMILES string of the molecule is O=C(c1cscn1)n1ccnc1. The van der Waals surface area contributed by atoms with Crippen molar-refractivity contribution in [1.82, 2.24) is 14.5 Å². The number of aromatic nitrogens is 3. The van der Waals surface area contributed by atoms with E-state index in [1.165, 1.54) is 22.2 Å². The molecule has 0 spiro atoms. The van der Waals surface area contributed by atoms with Gasteiger partial charge >= 0.3 is 0 Å². The Morgan fingerprint density at radius 1 is 1.58 bits per heavy atom. The Hall–Kier alpha value is -1.49. The van der Waals surface area contributed by atoms with Crippen molar-refractivity contribution < 1.29 is 4.79 Å². The van der Waals surface area contributed by atoms with E-state index in [9.17, 15) is 4.79 Å². The van der Waals surface area contributed by atoms with Crippen molar-refractivity contribution in [2.75, 3.05) is 0 Å². The van der Waals surface area contributed by atoms with E-state index in [1.54, 1.807) is 23.3 Å². The van der Waals surface area contributed by atoms with Crippen LogP contribution in [0.1, 0.15) is 10.5 Å². The van der Waals surface area contributed by atoms with E-state index in [1.807, 2.05) is 0 Å². The van der Waals surface area contributed by atoms with E-state index < -0.39 is 0 Å². The fourth-order valence-electron chi connectivity index (χ4n) is 0.830. The summed E-state index contributed by atoms with van der Waals surface area (Å²) >= 11 is 1.40. The molecule has 2 heterocycles. The lowest BCUT2D eigenvalue weighted by Gasteiger charge is -1.94. The Kier molecular flexibility index (Phi) is 1.71. The molecular weight excluding hydrogens is 174 g/mol. The van der Waals surface area contributed by atoms with Crippen LogP contribution in [-0.4, -0.2) is 20.4 Å². The minimum atomic E-state index is -0.145. The summed E-state index contributed by atoms with van der Waals surface area (Å²) in [7, 11) is 0. The van der Waals surface area contributed by atoms with Gasteiger partial charge in [-0.1, -0.05) is 0 Å². The normalized spacial score (nSPS) is 10.0. The summed E-state index contributed by atoms with van der Waals surface area (Å²) < 4.78 is 1.40. The standard InChI is InChI=1S/C7H5N3OS/c11-7(6-3-12-5-9-6)10-2-1-8-4-10/h1-5H. The van der Waals surface area contributed by atoms with Gasteiger partial charge in [0.05, 0.1) is 5.51 Å². The van der Waals surface area contributed by atoms with E-state index in [2.05, 4.69) is 9.97 Å². The van der Waals surface area contributed by atoms with Crippen LogP contribution in [0.25, 0.3) is 0 Å². The largest absolute Gasteiger partial charge is 0.282 e. The maximum absolute atomic E-state index is 11.4. The van der Waals surface area contributed by atoms with Gasteiger partial charge in [-0.15, -0.1) is 11.3 Å². The molecule has 5 heteroatoms. The highest BCUT2D eigenvalue weighted by atomic mass is 32.1. The predicted octanol–water partition coefficient (Wildman–Crippen LogP) is 1.03. The Bertz CT molecular complexity index is 329. The molecule has 0 amide bonds. The van der Waals surface area contributed by atoms with Crippen molar-refractivity contribution >= 4 is 17.2 Å². The van der Waals surface area contributed by atoms with Crippen molar-refractivity contribution in [2.45, 2.75) is 0 Å². The van der Waals surface area contributed by atoms with Crippen LogP contribution in [-0.2, 0) is 0 Å². The van der Waals surface area contributed by atoms with E-state index in [4.69, 9.17) is 0 Å². The molecule has 0 radical (unpaired) electrons. The summed E-state index contributed by atoms with van der Waals surface area (Å²) in [4.78, 5) is 19.1. The summed E-state index contributed by atoms with van der Waals surface area (Å²) in [5.41, 5.74) is 2.09. The van der Waals surface area contributed by atoms with Gasteiger partial charge in [-0.05, 0) is 0 Å². The summed E-state index contributed by atoms with van der Waals surface area (Å²) in [5.74, 6) is -0.145. The van der Waals surface area contributed by atoms with Gasteiger partial charge < -0.3 is 0 Å². The lowest BCUT2D eigenvalue weighted by atomic mass is 10.4. The smallest absolute Gasteiger partial charge is 0.271 e. The molecule has 0 atom stereocenters. The fourth-order valence-corrected chi connectivity index (χ4v) is 1.36. The quantitative estimate of drug-likeness (QED) is 0.656. The van der Waals surface area contributed by atoms with Gasteiger partial charge in [0.15, 0.2) is 0 Å². The van der Waals surface area contributed by atoms with Crippen LogP contribution in [0.2, 0.25) is 0 Å². The van der Waals surface area contributed by atoms with Crippen LogP contribution in [0.3, 0.4) is 0 Å². The second-order valence-electron chi connectivity index (χ2n) is 2.15. The summed E-state index contributed by atoms with van der Waals surface area (Å²) in [5, 5.41) is 1.71. The van der Waals surface area contributed by atoms with Gasteiger partial charge in [0.1, 0.15) is 12.0 Å². The number of hydrogen-bond donors (Lipinski definition) is 0. The van der Waals surface area contributed by atoms with E-state index in [0.717, 1.165) is 0 Å². The van der Waals surface area contributed by atoms with Gasteiger partial charge in [0.2, 0.25) is 0 Å². The van der Waals surface area contributed by atoms with E-state index in [-0.39, 0.29) is 5.91 Å². The summed E-state index contributed by atoms with van der Waals surface area (Å²) in [6.45, 7) is 0. The van der Waals surface area contributed by atoms with Gasteiger partial charge in [-0.25, -0.2) is 9.97 Å². The lowest BCUT2D eigenvalue weighted by Crippen LogP contribution is -2.09. The number of nitrogens with zero attached hydrogens (tertiary/aromatic N) is 3. The molecule has 0 N–H and O–H groups in total. The Morgan fingerprint density at radius 3 is 3.08 bits per heavy atom. The molecular formula is C7H5N3OS. The highest BCUT2D eigenvalue weighted by molar-refractivity contribution is 7.07. The monoisotopic (exact) mass is 179 g/mol. The molecule has 0 saturated carbocycles. The maximum atomic E-state index is 11.4. The second kappa shape index (κ2) is 2.86. The van der Waals surface area contributed by atoms with Crippen molar-refractivity contribution in [3.05, 3.63) is 35.3 Å². The van der Waals surface area contributed by atoms with Crippen LogP contribution in [0, 0.1) is 0 Å². The lowest BCUT2D eigenvalue weighted by molar-refractivity contribution is 0.0955.